The van der Waals surface area contributed by atoms with Crippen molar-refractivity contribution in [1.82, 2.24) is 4.57 Å². The Kier molecular flexibility index (Phi) is 6.98. The number of para-hydroxylation sites is 3. The van der Waals surface area contributed by atoms with Gasteiger partial charge in [-0.15, -0.1) is 0 Å². The first kappa shape index (κ1) is 32.8. The second kappa shape index (κ2) is 12.3. The molecule has 274 valence electrons. The molecule has 0 fully saturated rings. The van der Waals surface area contributed by atoms with Gasteiger partial charge in [0.05, 0.1) is 11.0 Å². The fourth-order valence-electron chi connectivity index (χ4n) is 9.85. The van der Waals surface area contributed by atoms with Crippen molar-refractivity contribution in [3.05, 3.63) is 205 Å². The van der Waals surface area contributed by atoms with Gasteiger partial charge in [0.25, 0.3) is 0 Å². The number of hydrogen-bond donors (Lipinski definition) is 0. The molecule has 0 aliphatic heterocycles. The number of hydrogen-bond acceptors (Lipinski definition) is 2. The highest BCUT2D eigenvalue weighted by molar-refractivity contribution is 6.27. The molecule has 1 aliphatic rings. The lowest BCUT2D eigenvalue weighted by Crippen LogP contribution is -2.16. The summed E-state index contributed by atoms with van der Waals surface area (Å²) >= 11 is 0. The summed E-state index contributed by atoms with van der Waals surface area (Å²) in [5.74, 6) is 0. The van der Waals surface area contributed by atoms with Crippen molar-refractivity contribution in [2.75, 3.05) is 4.90 Å². The minimum atomic E-state index is -0.120. The lowest BCUT2D eigenvalue weighted by molar-refractivity contribution is 0.660. The van der Waals surface area contributed by atoms with Crippen molar-refractivity contribution in [3.63, 3.8) is 0 Å². The monoisotopic (exact) mass is 742 g/mol. The molecule has 2 heterocycles. The first-order valence-electron chi connectivity index (χ1n) is 20.1. The topological polar surface area (TPSA) is 21.3 Å². The van der Waals surface area contributed by atoms with Crippen LogP contribution in [0.2, 0.25) is 0 Å². The molecule has 0 spiro atoms. The molecule has 0 radical (unpaired) electrons. The Labute approximate surface area is 336 Å². The molecule has 12 rings (SSSR count). The molecular weight excluding hydrogens is 705 g/mol. The van der Waals surface area contributed by atoms with E-state index in [1.165, 1.54) is 54.9 Å². The number of anilines is 3. The van der Waals surface area contributed by atoms with Crippen LogP contribution in [0.25, 0.3) is 82.5 Å². The van der Waals surface area contributed by atoms with Crippen molar-refractivity contribution >= 4 is 71.6 Å². The molecule has 3 heteroatoms. The SMILES string of the molecule is CC1(C)c2ccccc2-c2ccc(N(c3ccccc3)c3ccc4c(c3)c3c(-c5ccc6ccccc6c5)c5c(cc3n4-c3ccccc3)oc3ccccc35)cc21. The van der Waals surface area contributed by atoms with Gasteiger partial charge < -0.3 is 13.9 Å². The van der Waals surface area contributed by atoms with Gasteiger partial charge in [-0.1, -0.05) is 135 Å². The summed E-state index contributed by atoms with van der Waals surface area (Å²) in [7, 11) is 0. The van der Waals surface area contributed by atoms with E-state index in [-0.39, 0.29) is 5.41 Å². The van der Waals surface area contributed by atoms with Crippen LogP contribution in [0, 0.1) is 0 Å². The zero-order valence-corrected chi connectivity index (χ0v) is 32.3. The molecule has 0 saturated heterocycles. The highest BCUT2D eigenvalue weighted by Crippen LogP contribution is 2.52. The molecular formula is C55H38N2O. The van der Waals surface area contributed by atoms with E-state index in [9.17, 15) is 0 Å². The molecule has 0 N–H and O–H groups in total. The quantitative estimate of drug-likeness (QED) is 0.175. The van der Waals surface area contributed by atoms with Crippen molar-refractivity contribution in [2.45, 2.75) is 19.3 Å². The van der Waals surface area contributed by atoms with Crippen molar-refractivity contribution in [2.24, 2.45) is 0 Å². The number of aromatic nitrogens is 1. The van der Waals surface area contributed by atoms with Crippen molar-refractivity contribution in [3.8, 4) is 27.9 Å². The number of fused-ring (bicyclic) bond motifs is 10. The first-order chi connectivity index (χ1) is 28.5. The van der Waals surface area contributed by atoms with Crippen LogP contribution in [0.15, 0.2) is 199 Å². The summed E-state index contributed by atoms with van der Waals surface area (Å²) in [5.41, 5.74) is 16.1. The maximum absolute atomic E-state index is 6.73. The zero-order chi connectivity index (χ0) is 38.5. The van der Waals surface area contributed by atoms with E-state index in [1.807, 2.05) is 0 Å². The van der Waals surface area contributed by atoms with Crippen LogP contribution in [0.5, 0.6) is 0 Å². The van der Waals surface area contributed by atoms with Gasteiger partial charge >= 0.3 is 0 Å². The third-order valence-electron chi connectivity index (χ3n) is 12.5. The maximum atomic E-state index is 6.73. The normalized spacial score (nSPS) is 13.1. The molecule has 0 amide bonds. The van der Waals surface area contributed by atoms with E-state index in [0.29, 0.717) is 0 Å². The van der Waals surface area contributed by atoms with E-state index < -0.39 is 0 Å². The molecule has 58 heavy (non-hydrogen) atoms. The Morgan fingerprint density at radius 1 is 0.448 bits per heavy atom. The lowest BCUT2D eigenvalue weighted by atomic mass is 9.82. The summed E-state index contributed by atoms with van der Waals surface area (Å²) in [6.45, 7) is 4.71. The van der Waals surface area contributed by atoms with Crippen molar-refractivity contribution < 1.29 is 4.42 Å². The number of benzene rings is 9. The molecule has 0 saturated carbocycles. The average molecular weight is 743 g/mol. The van der Waals surface area contributed by atoms with E-state index >= 15 is 0 Å². The van der Waals surface area contributed by atoms with Crippen LogP contribution in [0.4, 0.5) is 17.1 Å². The highest BCUT2D eigenvalue weighted by Gasteiger charge is 2.36. The van der Waals surface area contributed by atoms with E-state index in [2.05, 4.69) is 217 Å². The minimum absolute atomic E-state index is 0.120. The van der Waals surface area contributed by atoms with Gasteiger partial charge in [-0.25, -0.2) is 0 Å². The van der Waals surface area contributed by atoms with Crippen LogP contribution < -0.4 is 4.90 Å². The van der Waals surface area contributed by atoms with Gasteiger partial charge in [0.15, 0.2) is 0 Å². The standard InChI is InChI=1S/C55H38N2O/c1-55(2)46-23-13-11-21-42(46)43-29-27-41(33-47(43)55)56(38-17-5-3-6-18-38)40-28-30-48-45(32-40)53-49(57(48)39-19-7-4-8-20-39)34-51-54(44-22-12-14-24-50(44)58-51)52(53)37-26-25-35-15-9-10-16-36(35)31-37/h3-34H,1-2H3. The van der Waals surface area contributed by atoms with Crippen molar-refractivity contribution in [1.29, 1.82) is 0 Å². The lowest BCUT2D eigenvalue weighted by Gasteiger charge is -2.28. The Hall–Kier alpha value is -7.36. The minimum Gasteiger partial charge on any atom is -0.456 e. The summed E-state index contributed by atoms with van der Waals surface area (Å²) in [4.78, 5) is 2.42. The molecule has 0 atom stereocenters. The predicted octanol–water partition coefficient (Wildman–Crippen LogP) is 15.3. The Balaban J connectivity index is 1.19. The maximum Gasteiger partial charge on any atom is 0.138 e. The summed E-state index contributed by atoms with van der Waals surface area (Å²) in [5, 5.41) is 7.07. The van der Waals surface area contributed by atoms with E-state index in [4.69, 9.17) is 4.42 Å². The number of furan rings is 1. The Morgan fingerprint density at radius 3 is 2.00 bits per heavy atom. The first-order valence-corrected chi connectivity index (χ1v) is 20.1. The van der Waals surface area contributed by atoms with Gasteiger partial charge in [-0.3, -0.25) is 0 Å². The van der Waals surface area contributed by atoms with Crippen LogP contribution in [0.1, 0.15) is 25.0 Å². The third-order valence-corrected chi connectivity index (χ3v) is 12.5. The Morgan fingerprint density at radius 2 is 1.14 bits per heavy atom. The molecule has 1 aliphatic carbocycles. The smallest absolute Gasteiger partial charge is 0.138 e. The molecule has 0 unspecified atom stereocenters. The van der Waals surface area contributed by atoms with Gasteiger partial charge in [0, 0.05) is 61.3 Å². The molecule has 0 bridgehead atoms. The fourth-order valence-corrected chi connectivity index (χ4v) is 9.85. The largest absolute Gasteiger partial charge is 0.456 e. The predicted molar refractivity (Wildman–Crippen MR) is 243 cm³/mol. The molecule has 9 aromatic carbocycles. The summed E-state index contributed by atoms with van der Waals surface area (Å²) < 4.78 is 9.14. The molecule has 11 aromatic rings. The number of rotatable bonds is 5. The molecule has 2 aromatic heterocycles. The second-order valence-corrected chi connectivity index (χ2v) is 16.1. The highest BCUT2D eigenvalue weighted by atomic mass is 16.3. The van der Waals surface area contributed by atoms with Crippen LogP contribution >= 0.6 is 0 Å². The van der Waals surface area contributed by atoms with Crippen LogP contribution in [0.3, 0.4) is 0 Å². The summed E-state index contributed by atoms with van der Waals surface area (Å²) in [6.07, 6.45) is 0. The number of nitrogens with zero attached hydrogens (tertiary/aromatic N) is 2. The summed E-state index contributed by atoms with van der Waals surface area (Å²) in [6, 6.07) is 70.7. The zero-order valence-electron chi connectivity index (χ0n) is 32.3. The van der Waals surface area contributed by atoms with E-state index in [0.717, 1.165) is 55.7 Å². The van der Waals surface area contributed by atoms with E-state index in [1.54, 1.807) is 0 Å². The fraction of sp³-hybridized carbons (Fsp3) is 0.0545. The van der Waals surface area contributed by atoms with Crippen LogP contribution in [-0.4, -0.2) is 4.57 Å². The van der Waals surface area contributed by atoms with Crippen LogP contribution in [-0.2, 0) is 5.41 Å². The second-order valence-electron chi connectivity index (χ2n) is 16.1. The van der Waals surface area contributed by atoms with Gasteiger partial charge in [-0.05, 0) is 105 Å². The van der Waals surface area contributed by atoms with Gasteiger partial charge in [-0.2, -0.15) is 0 Å². The Bertz CT molecular complexity index is 3430. The molecule has 3 nitrogen and oxygen atoms in total. The van der Waals surface area contributed by atoms with Gasteiger partial charge in [0.2, 0.25) is 0 Å². The van der Waals surface area contributed by atoms with Gasteiger partial charge in [0.1, 0.15) is 11.2 Å². The third kappa shape index (κ3) is 4.74. The average Bonchev–Trinajstić information content (AvgIpc) is 3.88.